The first-order chi connectivity index (χ1) is 13.6. The number of hydrogen-bond acceptors (Lipinski definition) is 8. The molecule has 10 heteroatoms. The molecule has 2 aromatic heterocycles. The molecule has 0 radical (unpaired) electrons. The first kappa shape index (κ1) is 17.9. The van der Waals surface area contributed by atoms with Crippen molar-refractivity contribution in [3.05, 3.63) is 58.9 Å². The molecular formula is C18H17ClN8O. The maximum atomic E-state index is 6.03. The van der Waals surface area contributed by atoms with Gasteiger partial charge in [-0.15, -0.1) is 5.10 Å². The summed E-state index contributed by atoms with van der Waals surface area (Å²) in [7, 11) is 0. The van der Waals surface area contributed by atoms with Gasteiger partial charge in [-0.05, 0) is 41.5 Å². The number of rotatable bonds is 6. The molecule has 4 rings (SSSR count). The number of para-hydroxylation sites is 1. The summed E-state index contributed by atoms with van der Waals surface area (Å²) in [5.41, 5.74) is 9.20. The average Bonchev–Trinajstić information content (AvgIpc) is 3.08. The quantitative estimate of drug-likeness (QED) is 0.511. The summed E-state index contributed by atoms with van der Waals surface area (Å²) < 4.78 is 0. The van der Waals surface area contributed by atoms with Crippen molar-refractivity contribution in [2.24, 2.45) is 0 Å². The molecule has 0 fully saturated rings. The maximum absolute atomic E-state index is 6.03. The van der Waals surface area contributed by atoms with Crippen LogP contribution in [0, 0.1) is 0 Å². The van der Waals surface area contributed by atoms with Crippen molar-refractivity contribution < 1.29 is 4.84 Å². The fourth-order valence-electron chi connectivity index (χ4n) is 2.72. The lowest BCUT2D eigenvalue weighted by molar-refractivity contribution is 0.0709. The van der Waals surface area contributed by atoms with E-state index in [4.69, 9.17) is 22.2 Å². The first-order valence-corrected chi connectivity index (χ1v) is 9.00. The Kier molecular flexibility index (Phi) is 4.90. The molecule has 0 spiro atoms. The van der Waals surface area contributed by atoms with E-state index in [2.05, 4.69) is 37.5 Å². The molecule has 0 atom stereocenters. The smallest absolute Gasteiger partial charge is 0.232 e. The van der Waals surface area contributed by atoms with E-state index in [1.807, 2.05) is 24.3 Å². The van der Waals surface area contributed by atoms with Crippen LogP contribution in [0.5, 0.6) is 0 Å². The van der Waals surface area contributed by atoms with Gasteiger partial charge in [0.2, 0.25) is 11.9 Å². The van der Waals surface area contributed by atoms with Gasteiger partial charge in [0.05, 0.1) is 0 Å². The summed E-state index contributed by atoms with van der Waals surface area (Å²) in [6.45, 7) is 2.11. The van der Waals surface area contributed by atoms with Gasteiger partial charge < -0.3 is 15.9 Å². The van der Waals surface area contributed by atoms with Crippen LogP contribution in [0.4, 0.5) is 17.6 Å². The molecule has 2 heterocycles. The Labute approximate surface area is 165 Å². The second-order valence-electron chi connectivity index (χ2n) is 5.94. The summed E-state index contributed by atoms with van der Waals surface area (Å²) in [4.78, 5) is 19.6. The molecular weight excluding hydrogens is 380 g/mol. The average molecular weight is 397 g/mol. The van der Waals surface area contributed by atoms with E-state index in [0.717, 1.165) is 17.7 Å². The van der Waals surface area contributed by atoms with Crippen molar-refractivity contribution in [2.75, 3.05) is 11.1 Å². The van der Waals surface area contributed by atoms with E-state index in [1.165, 1.54) is 4.85 Å². The van der Waals surface area contributed by atoms with Gasteiger partial charge in [-0.25, -0.2) is 0 Å². The number of aryl methyl sites for hydroxylation is 1. The second-order valence-corrected chi connectivity index (χ2v) is 6.37. The summed E-state index contributed by atoms with van der Waals surface area (Å²) in [6.07, 6.45) is 0.877. The lowest BCUT2D eigenvalue weighted by Gasteiger charge is -2.11. The lowest BCUT2D eigenvalue weighted by Crippen LogP contribution is -2.16. The van der Waals surface area contributed by atoms with Crippen molar-refractivity contribution in [1.82, 2.24) is 30.1 Å². The Morgan fingerprint density at radius 2 is 2.00 bits per heavy atom. The SMILES string of the molecule is CCc1ccccc1Nc1nc(N)nc(COn2nnc3ccc(Cl)cc32)n1. The predicted molar refractivity (Wildman–Crippen MR) is 106 cm³/mol. The van der Waals surface area contributed by atoms with Crippen LogP contribution in [-0.4, -0.2) is 30.1 Å². The van der Waals surface area contributed by atoms with E-state index in [1.54, 1.807) is 18.2 Å². The number of nitrogens with zero attached hydrogens (tertiary/aromatic N) is 6. The molecule has 4 aromatic rings. The first-order valence-electron chi connectivity index (χ1n) is 8.62. The van der Waals surface area contributed by atoms with Crippen LogP contribution in [0.15, 0.2) is 42.5 Å². The number of benzene rings is 2. The van der Waals surface area contributed by atoms with Crippen LogP contribution < -0.4 is 15.9 Å². The number of aromatic nitrogens is 6. The molecule has 2 aromatic carbocycles. The van der Waals surface area contributed by atoms with E-state index in [-0.39, 0.29) is 12.6 Å². The van der Waals surface area contributed by atoms with E-state index in [9.17, 15) is 0 Å². The topological polar surface area (TPSA) is 117 Å². The Balaban J connectivity index is 1.54. The Morgan fingerprint density at radius 1 is 1.14 bits per heavy atom. The van der Waals surface area contributed by atoms with Crippen molar-refractivity contribution in [2.45, 2.75) is 20.0 Å². The van der Waals surface area contributed by atoms with Gasteiger partial charge >= 0.3 is 0 Å². The molecule has 0 saturated heterocycles. The van der Waals surface area contributed by atoms with Crippen molar-refractivity contribution in [1.29, 1.82) is 0 Å². The predicted octanol–water partition coefficient (Wildman–Crippen LogP) is 2.79. The van der Waals surface area contributed by atoms with E-state index < -0.39 is 0 Å². The molecule has 0 saturated carbocycles. The Morgan fingerprint density at radius 3 is 2.86 bits per heavy atom. The van der Waals surface area contributed by atoms with Crippen molar-refractivity contribution >= 4 is 40.2 Å². The number of nitrogen functional groups attached to an aromatic ring is 1. The Hall–Kier alpha value is -3.46. The summed E-state index contributed by atoms with van der Waals surface area (Å²) in [5, 5.41) is 11.7. The molecule has 0 amide bonds. The monoisotopic (exact) mass is 396 g/mol. The summed E-state index contributed by atoms with van der Waals surface area (Å²) in [5.74, 6) is 0.796. The number of nitrogens with two attached hydrogens (primary N) is 1. The van der Waals surface area contributed by atoms with Crippen LogP contribution in [0.3, 0.4) is 0 Å². The number of anilines is 3. The molecule has 0 aliphatic carbocycles. The number of hydrogen-bond donors (Lipinski definition) is 2. The molecule has 142 valence electrons. The number of halogens is 1. The Bertz CT molecular complexity index is 1130. The fourth-order valence-corrected chi connectivity index (χ4v) is 2.88. The van der Waals surface area contributed by atoms with Crippen LogP contribution in [0.1, 0.15) is 18.3 Å². The zero-order chi connectivity index (χ0) is 19.5. The van der Waals surface area contributed by atoms with Crippen molar-refractivity contribution in [3.63, 3.8) is 0 Å². The summed E-state index contributed by atoms with van der Waals surface area (Å²) >= 11 is 6.03. The molecule has 28 heavy (non-hydrogen) atoms. The zero-order valence-electron chi connectivity index (χ0n) is 15.0. The van der Waals surface area contributed by atoms with Crippen LogP contribution in [-0.2, 0) is 13.0 Å². The minimum absolute atomic E-state index is 0.0296. The molecule has 3 N–H and O–H groups in total. The van der Waals surface area contributed by atoms with Crippen LogP contribution in [0.2, 0.25) is 5.02 Å². The maximum Gasteiger partial charge on any atom is 0.232 e. The molecule has 9 nitrogen and oxygen atoms in total. The number of nitrogens with one attached hydrogen (secondary N) is 1. The third-order valence-electron chi connectivity index (χ3n) is 4.04. The molecule has 0 aliphatic heterocycles. The van der Waals surface area contributed by atoms with E-state index in [0.29, 0.717) is 27.8 Å². The molecule has 0 bridgehead atoms. The highest BCUT2D eigenvalue weighted by molar-refractivity contribution is 6.31. The third kappa shape index (κ3) is 3.79. The lowest BCUT2D eigenvalue weighted by atomic mass is 10.1. The van der Waals surface area contributed by atoms with E-state index >= 15 is 0 Å². The van der Waals surface area contributed by atoms with Gasteiger partial charge in [0.25, 0.3) is 0 Å². The zero-order valence-corrected chi connectivity index (χ0v) is 15.8. The van der Waals surface area contributed by atoms with Gasteiger partial charge in [-0.1, -0.05) is 41.6 Å². The fraction of sp³-hybridized carbons (Fsp3) is 0.167. The standard InChI is InChI=1S/C18H17ClN8O/c1-2-11-5-3-4-6-13(11)21-18-23-16(22-17(20)24-18)10-28-27-15-9-12(19)7-8-14(15)25-26-27/h3-9H,2,10H2,1H3,(H3,20,21,22,23,24). The summed E-state index contributed by atoms with van der Waals surface area (Å²) in [6, 6.07) is 13.1. The molecule has 0 aliphatic rings. The van der Waals surface area contributed by atoms with Crippen LogP contribution in [0.25, 0.3) is 11.0 Å². The minimum Gasteiger partial charge on any atom is -0.387 e. The third-order valence-corrected chi connectivity index (χ3v) is 4.27. The highest BCUT2D eigenvalue weighted by Gasteiger charge is 2.10. The van der Waals surface area contributed by atoms with Gasteiger partial charge in [0, 0.05) is 10.7 Å². The van der Waals surface area contributed by atoms with Crippen LogP contribution >= 0.6 is 11.6 Å². The molecule has 0 unspecified atom stereocenters. The van der Waals surface area contributed by atoms with Crippen molar-refractivity contribution in [3.8, 4) is 0 Å². The minimum atomic E-state index is 0.0296. The van der Waals surface area contributed by atoms with Gasteiger partial charge in [0.1, 0.15) is 11.0 Å². The normalized spacial score (nSPS) is 10.9. The second kappa shape index (κ2) is 7.65. The van der Waals surface area contributed by atoms with Gasteiger partial charge in [0.15, 0.2) is 12.4 Å². The number of fused-ring (bicyclic) bond motifs is 1. The highest BCUT2D eigenvalue weighted by Crippen LogP contribution is 2.20. The highest BCUT2D eigenvalue weighted by atomic mass is 35.5. The van der Waals surface area contributed by atoms with Gasteiger partial charge in [-0.2, -0.15) is 15.0 Å². The largest absolute Gasteiger partial charge is 0.387 e. The van der Waals surface area contributed by atoms with Gasteiger partial charge in [-0.3, -0.25) is 0 Å².